The van der Waals surface area contributed by atoms with Crippen molar-refractivity contribution in [3.8, 4) is 5.69 Å². The highest BCUT2D eigenvalue weighted by Gasteiger charge is 2.37. The average Bonchev–Trinajstić information content (AvgIpc) is 3.16. The molecule has 2 aliphatic heterocycles. The summed E-state index contributed by atoms with van der Waals surface area (Å²) >= 11 is 3.40. The molecule has 4 amide bonds. The van der Waals surface area contributed by atoms with Gasteiger partial charge in [0.05, 0.1) is 18.9 Å². The van der Waals surface area contributed by atoms with Crippen LogP contribution in [-0.2, 0) is 14.3 Å². The van der Waals surface area contributed by atoms with E-state index in [1.54, 1.807) is 25.1 Å². The lowest BCUT2D eigenvalue weighted by atomic mass is 10.1. The molecule has 5 rings (SSSR count). The minimum Gasteiger partial charge on any atom is -0.378 e. The van der Waals surface area contributed by atoms with Gasteiger partial charge < -0.3 is 14.2 Å². The Kier molecular flexibility index (Phi) is 6.74. The van der Waals surface area contributed by atoms with E-state index in [0.29, 0.717) is 5.69 Å². The van der Waals surface area contributed by atoms with E-state index < -0.39 is 17.8 Å². The molecule has 9 heteroatoms. The van der Waals surface area contributed by atoms with Crippen molar-refractivity contribution in [2.75, 3.05) is 36.1 Å². The van der Waals surface area contributed by atoms with Crippen LogP contribution in [0.25, 0.3) is 11.8 Å². The van der Waals surface area contributed by atoms with Gasteiger partial charge in [0.15, 0.2) is 0 Å². The van der Waals surface area contributed by atoms with Crippen molar-refractivity contribution < 1.29 is 19.1 Å². The molecule has 2 aliphatic rings. The van der Waals surface area contributed by atoms with Gasteiger partial charge in [-0.1, -0.05) is 15.9 Å². The Morgan fingerprint density at radius 3 is 2.27 bits per heavy atom. The van der Waals surface area contributed by atoms with Crippen LogP contribution >= 0.6 is 15.9 Å². The van der Waals surface area contributed by atoms with E-state index in [1.807, 2.05) is 26.0 Å². The fourth-order valence-corrected chi connectivity index (χ4v) is 5.34. The molecule has 0 saturated carbocycles. The summed E-state index contributed by atoms with van der Waals surface area (Å²) < 4.78 is 8.36. The number of morpholine rings is 1. The van der Waals surface area contributed by atoms with Crippen molar-refractivity contribution in [1.29, 1.82) is 0 Å². The summed E-state index contributed by atoms with van der Waals surface area (Å²) in [4.78, 5) is 42.0. The van der Waals surface area contributed by atoms with Crippen LogP contribution < -0.4 is 15.1 Å². The van der Waals surface area contributed by atoms with Gasteiger partial charge in [0, 0.05) is 40.3 Å². The molecular weight excluding hydrogens is 536 g/mol. The second-order valence-electron chi connectivity index (χ2n) is 9.17. The average molecular weight is 563 g/mol. The first kappa shape index (κ1) is 25.0. The SMILES string of the molecule is Cc1cc(Br)ccc1N1C(=O)NC(=O)/C(=C\c2cc(C)n(-c3ccc(N4CCOCC4)cc3)c2C)C1=O. The standard InChI is InChI=1S/C28H27BrN4O4/c1-17-14-21(29)4-9-25(17)33-27(35)24(26(34)30-28(33)36)16-20-15-18(2)32(19(20)3)23-7-5-22(6-8-23)31-10-12-37-13-11-31/h4-9,14-16H,10-13H2,1-3H3,(H,30,34,36)/b24-16+. The first-order chi connectivity index (χ1) is 17.7. The number of rotatable bonds is 4. The van der Waals surface area contributed by atoms with Crippen LogP contribution in [0.5, 0.6) is 0 Å². The molecule has 0 bridgehead atoms. The van der Waals surface area contributed by atoms with Crippen LogP contribution in [0.4, 0.5) is 16.2 Å². The van der Waals surface area contributed by atoms with Crippen LogP contribution in [0.1, 0.15) is 22.5 Å². The summed E-state index contributed by atoms with van der Waals surface area (Å²) in [5.41, 5.74) is 5.77. The third-order valence-corrected chi connectivity index (χ3v) is 7.25. The number of nitrogens with one attached hydrogen (secondary N) is 1. The second kappa shape index (κ2) is 9.99. The zero-order valence-corrected chi connectivity index (χ0v) is 22.5. The maximum absolute atomic E-state index is 13.4. The zero-order chi connectivity index (χ0) is 26.3. The van der Waals surface area contributed by atoms with Gasteiger partial charge in [-0.15, -0.1) is 0 Å². The molecule has 3 heterocycles. The molecule has 2 fully saturated rings. The number of urea groups is 1. The third-order valence-electron chi connectivity index (χ3n) is 6.76. The van der Waals surface area contributed by atoms with Crippen molar-refractivity contribution in [1.82, 2.24) is 9.88 Å². The van der Waals surface area contributed by atoms with Crippen molar-refractivity contribution in [3.05, 3.63) is 81.1 Å². The molecule has 1 N–H and O–H groups in total. The molecule has 0 atom stereocenters. The van der Waals surface area contributed by atoms with Crippen molar-refractivity contribution in [2.45, 2.75) is 20.8 Å². The number of carbonyl (C=O) groups excluding carboxylic acids is 3. The number of hydrogen-bond acceptors (Lipinski definition) is 5. The first-order valence-corrected chi connectivity index (χ1v) is 12.8. The fourth-order valence-electron chi connectivity index (χ4n) is 4.87. The number of nitrogens with zero attached hydrogens (tertiary/aromatic N) is 3. The predicted octanol–water partition coefficient (Wildman–Crippen LogP) is 4.67. The van der Waals surface area contributed by atoms with Gasteiger partial charge in [0.2, 0.25) is 0 Å². The molecule has 8 nitrogen and oxygen atoms in total. The lowest BCUT2D eigenvalue weighted by molar-refractivity contribution is -0.122. The molecule has 0 unspecified atom stereocenters. The lowest BCUT2D eigenvalue weighted by Crippen LogP contribution is -2.54. The molecule has 1 aromatic heterocycles. The van der Waals surface area contributed by atoms with E-state index in [9.17, 15) is 14.4 Å². The predicted molar refractivity (Wildman–Crippen MR) is 146 cm³/mol. The van der Waals surface area contributed by atoms with Gasteiger partial charge in [-0.2, -0.15) is 0 Å². The van der Waals surface area contributed by atoms with Gasteiger partial charge in [-0.25, -0.2) is 9.69 Å². The number of aryl methyl sites for hydroxylation is 2. The number of imide groups is 2. The Hall–Kier alpha value is -3.69. The van der Waals surface area contributed by atoms with Gasteiger partial charge in [-0.05, 0) is 86.5 Å². The number of hydrogen-bond donors (Lipinski definition) is 1. The monoisotopic (exact) mass is 562 g/mol. The van der Waals surface area contributed by atoms with Crippen LogP contribution in [0.2, 0.25) is 0 Å². The number of benzene rings is 2. The van der Waals surface area contributed by atoms with E-state index >= 15 is 0 Å². The Balaban J connectivity index is 1.47. The minimum absolute atomic E-state index is 0.0927. The topological polar surface area (TPSA) is 83.9 Å². The van der Waals surface area contributed by atoms with E-state index in [2.05, 4.69) is 55.0 Å². The van der Waals surface area contributed by atoms with Gasteiger partial charge in [0.1, 0.15) is 5.57 Å². The summed E-state index contributed by atoms with van der Waals surface area (Å²) in [6, 6.07) is 14.7. The molecule has 2 saturated heterocycles. The highest BCUT2D eigenvalue weighted by Crippen LogP contribution is 2.29. The summed E-state index contributed by atoms with van der Waals surface area (Å²) in [6.07, 6.45) is 1.56. The highest BCUT2D eigenvalue weighted by atomic mass is 79.9. The molecule has 2 aromatic carbocycles. The molecule has 0 spiro atoms. The number of amides is 4. The maximum atomic E-state index is 13.4. The van der Waals surface area contributed by atoms with Crippen LogP contribution in [0.15, 0.2) is 58.6 Å². The summed E-state index contributed by atoms with van der Waals surface area (Å²) in [6.45, 7) is 8.93. The Bertz CT molecular complexity index is 1440. The van der Waals surface area contributed by atoms with E-state index in [4.69, 9.17) is 4.74 Å². The largest absolute Gasteiger partial charge is 0.378 e. The summed E-state index contributed by atoms with van der Waals surface area (Å²) in [7, 11) is 0. The third kappa shape index (κ3) is 4.72. The summed E-state index contributed by atoms with van der Waals surface area (Å²) in [5, 5.41) is 2.31. The second-order valence-corrected chi connectivity index (χ2v) is 10.1. The molecule has 3 aromatic rings. The van der Waals surface area contributed by atoms with Crippen LogP contribution in [-0.4, -0.2) is 48.7 Å². The molecule has 37 heavy (non-hydrogen) atoms. The Morgan fingerprint density at radius 1 is 0.919 bits per heavy atom. The lowest BCUT2D eigenvalue weighted by Gasteiger charge is -2.29. The highest BCUT2D eigenvalue weighted by molar-refractivity contribution is 9.10. The number of ether oxygens (including phenoxy) is 1. The van der Waals surface area contributed by atoms with Gasteiger partial charge in [0.25, 0.3) is 11.8 Å². The molecule has 0 radical (unpaired) electrons. The normalized spacial score (nSPS) is 17.5. The zero-order valence-electron chi connectivity index (χ0n) is 20.9. The van der Waals surface area contributed by atoms with E-state index in [1.165, 1.54) is 0 Å². The Labute approximate surface area is 223 Å². The van der Waals surface area contributed by atoms with Crippen molar-refractivity contribution >= 4 is 51.2 Å². The maximum Gasteiger partial charge on any atom is 0.335 e. The van der Waals surface area contributed by atoms with E-state index in [-0.39, 0.29) is 5.57 Å². The summed E-state index contributed by atoms with van der Waals surface area (Å²) in [5.74, 6) is -1.36. The van der Waals surface area contributed by atoms with Crippen molar-refractivity contribution in [3.63, 3.8) is 0 Å². The number of halogens is 1. The number of barbiturate groups is 1. The van der Waals surface area contributed by atoms with E-state index in [0.717, 1.165) is 69.6 Å². The molecular formula is C28H27BrN4O4. The smallest absolute Gasteiger partial charge is 0.335 e. The number of carbonyl (C=O) groups is 3. The fraction of sp³-hybridized carbons (Fsp3) is 0.250. The Morgan fingerprint density at radius 2 is 1.59 bits per heavy atom. The minimum atomic E-state index is -0.761. The van der Waals surface area contributed by atoms with Crippen LogP contribution in [0, 0.1) is 20.8 Å². The van der Waals surface area contributed by atoms with Gasteiger partial charge in [-0.3, -0.25) is 14.9 Å². The van der Waals surface area contributed by atoms with Crippen LogP contribution in [0.3, 0.4) is 0 Å². The number of anilines is 2. The van der Waals surface area contributed by atoms with Crippen molar-refractivity contribution in [2.24, 2.45) is 0 Å². The van der Waals surface area contributed by atoms with Gasteiger partial charge >= 0.3 is 6.03 Å². The molecule has 0 aliphatic carbocycles. The number of aromatic nitrogens is 1. The first-order valence-electron chi connectivity index (χ1n) is 12.0. The molecule has 190 valence electrons. The quantitative estimate of drug-likeness (QED) is 0.369.